The average molecular weight is 230 g/mol. The van der Waals surface area contributed by atoms with Crippen LogP contribution >= 0.6 is 11.3 Å². The molecule has 0 atom stereocenters. The Bertz CT molecular complexity index is 508. The van der Waals surface area contributed by atoms with E-state index >= 15 is 0 Å². The molecule has 0 radical (unpaired) electrons. The van der Waals surface area contributed by atoms with Crippen molar-refractivity contribution in [3.8, 4) is 0 Å². The molecule has 0 aliphatic carbocycles. The fraction of sp³-hybridized carbons (Fsp3) is 0.273. The fourth-order valence-electron chi connectivity index (χ4n) is 1.66. The lowest BCUT2D eigenvalue weighted by atomic mass is 10.0. The van der Waals surface area contributed by atoms with E-state index in [9.17, 15) is 13.2 Å². The van der Waals surface area contributed by atoms with Crippen LogP contribution in [0.1, 0.15) is 16.0 Å². The second kappa shape index (κ2) is 3.23. The highest BCUT2D eigenvalue weighted by molar-refractivity contribution is 7.11. The maximum absolute atomic E-state index is 12.7. The molecule has 0 fully saturated rings. The van der Waals surface area contributed by atoms with Crippen molar-refractivity contribution in [2.75, 3.05) is 0 Å². The smallest absolute Gasteiger partial charge is 0.166 e. The molecule has 0 saturated carbocycles. The third kappa shape index (κ3) is 1.74. The van der Waals surface area contributed by atoms with Gasteiger partial charge in [-0.1, -0.05) is 6.07 Å². The molecule has 0 saturated heterocycles. The monoisotopic (exact) mass is 230 g/mol. The summed E-state index contributed by atoms with van der Waals surface area (Å²) in [4.78, 5) is 0.930. The van der Waals surface area contributed by atoms with Gasteiger partial charge in [0.05, 0.1) is 5.56 Å². The molecule has 0 N–H and O–H groups in total. The van der Waals surface area contributed by atoms with Gasteiger partial charge in [0, 0.05) is 10.3 Å². The number of benzene rings is 1. The zero-order chi connectivity index (χ0) is 11.2. The molecule has 2 rings (SSSR count). The molecule has 1 heterocycles. The van der Waals surface area contributed by atoms with Gasteiger partial charge in [-0.15, -0.1) is 11.3 Å². The first-order chi connectivity index (χ1) is 6.89. The van der Waals surface area contributed by atoms with Crippen molar-refractivity contribution in [3.63, 3.8) is 0 Å². The minimum atomic E-state index is -4.27. The van der Waals surface area contributed by atoms with Crippen molar-refractivity contribution >= 4 is 22.1 Å². The first-order valence-corrected chi connectivity index (χ1v) is 5.33. The summed E-state index contributed by atoms with van der Waals surface area (Å²) in [5.41, 5.74) is 0.123. The largest absolute Gasteiger partial charge is 0.417 e. The maximum Gasteiger partial charge on any atom is 0.417 e. The predicted molar refractivity (Wildman–Crippen MR) is 56.3 cm³/mol. The second-order valence-corrected chi connectivity index (χ2v) is 4.65. The van der Waals surface area contributed by atoms with Crippen molar-refractivity contribution in [2.24, 2.45) is 0 Å². The van der Waals surface area contributed by atoms with Crippen LogP contribution in [0.15, 0.2) is 17.5 Å². The highest BCUT2D eigenvalue weighted by atomic mass is 32.1. The Morgan fingerprint density at radius 3 is 2.33 bits per heavy atom. The van der Waals surface area contributed by atoms with Gasteiger partial charge in [-0.25, -0.2) is 0 Å². The van der Waals surface area contributed by atoms with Crippen LogP contribution in [-0.4, -0.2) is 0 Å². The van der Waals surface area contributed by atoms with E-state index in [-0.39, 0.29) is 0 Å². The summed E-state index contributed by atoms with van der Waals surface area (Å²) in [6.07, 6.45) is -4.27. The van der Waals surface area contributed by atoms with Crippen LogP contribution in [0.25, 0.3) is 10.8 Å². The third-order valence-corrected chi connectivity index (χ3v) is 3.29. The van der Waals surface area contributed by atoms with Crippen LogP contribution in [0, 0.1) is 13.8 Å². The Hall–Kier alpha value is -1.03. The lowest BCUT2D eigenvalue weighted by Crippen LogP contribution is -2.05. The van der Waals surface area contributed by atoms with Gasteiger partial charge < -0.3 is 0 Å². The first kappa shape index (κ1) is 10.5. The van der Waals surface area contributed by atoms with Gasteiger partial charge >= 0.3 is 6.18 Å². The minimum absolute atomic E-state index is 0.315. The van der Waals surface area contributed by atoms with Crippen LogP contribution in [0.2, 0.25) is 0 Å². The molecule has 0 aliphatic rings. The summed E-state index contributed by atoms with van der Waals surface area (Å²) < 4.78 is 38.1. The van der Waals surface area contributed by atoms with Crippen molar-refractivity contribution in [1.82, 2.24) is 0 Å². The minimum Gasteiger partial charge on any atom is -0.166 e. The second-order valence-electron chi connectivity index (χ2n) is 3.56. The molecule has 1 aromatic heterocycles. The van der Waals surface area contributed by atoms with E-state index in [0.717, 1.165) is 4.88 Å². The number of halogens is 3. The van der Waals surface area contributed by atoms with E-state index in [1.807, 2.05) is 6.92 Å². The lowest BCUT2D eigenvalue weighted by Gasteiger charge is -2.09. The highest BCUT2D eigenvalue weighted by Crippen LogP contribution is 2.38. The summed E-state index contributed by atoms with van der Waals surface area (Å²) in [5, 5.41) is 2.61. The first-order valence-electron chi connectivity index (χ1n) is 4.45. The highest BCUT2D eigenvalue weighted by Gasteiger charge is 2.33. The van der Waals surface area contributed by atoms with Crippen LogP contribution in [-0.2, 0) is 6.18 Å². The van der Waals surface area contributed by atoms with Crippen molar-refractivity contribution in [1.29, 1.82) is 0 Å². The Morgan fingerprint density at radius 1 is 1.07 bits per heavy atom. The molecule has 4 heteroatoms. The van der Waals surface area contributed by atoms with E-state index in [1.54, 1.807) is 18.4 Å². The summed E-state index contributed by atoms with van der Waals surface area (Å²) in [6, 6.07) is 3.00. The molecule has 15 heavy (non-hydrogen) atoms. The number of aryl methyl sites for hydroxylation is 2. The standard InChI is InChI=1S/C11H9F3S/c1-6-3-8-7(2)15-5-9(8)10(4-6)11(12,13)14/h3-5H,1-2H3. The molecule has 0 spiro atoms. The number of thiophene rings is 1. The zero-order valence-electron chi connectivity index (χ0n) is 8.27. The molecule has 0 bridgehead atoms. The van der Waals surface area contributed by atoms with Crippen LogP contribution in [0.5, 0.6) is 0 Å². The average Bonchev–Trinajstić information content (AvgIpc) is 2.45. The Balaban J connectivity index is 2.84. The van der Waals surface area contributed by atoms with E-state index < -0.39 is 11.7 Å². The Labute approximate surface area is 89.3 Å². The van der Waals surface area contributed by atoms with Gasteiger partial charge in [-0.05, 0) is 36.2 Å². The van der Waals surface area contributed by atoms with Gasteiger partial charge in [-0.2, -0.15) is 13.2 Å². The SMILES string of the molecule is Cc1cc(C(F)(F)F)c2csc(C)c2c1. The van der Waals surface area contributed by atoms with E-state index in [4.69, 9.17) is 0 Å². The molecular weight excluding hydrogens is 221 g/mol. The number of alkyl halides is 3. The summed E-state index contributed by atoms with van der Waals surface area (Å²) >= 11 is 1.36. The van der Waals surface area contributed by atoms with E-state index in [2.05, 4.69) is 0 Å². The van der Waals surface area contributed by atoms with E-state index in [0.29, 0.717) is 16.3 Å². The lowest BCUT2D eigenvalue weighted by molar-refractivity contribution is -0.136. The van der Waals surface area contributed by atoms with Gasteiger partial charge in [0.25, 0.3) is 0 Å². The summed E-state index contributed by atoms with van der Waals surface area (Å²) in [6.45, 7) is 3.53. The van der Waals surface area contributed by atoms with Gasteiger partial charge in [-0.3, -0.25) is 0 Å². The number of hydrogen-bond donors (Lipinski definition) is 0. The number of rotatable bonds is 0. The maximum atomic E-state index is 12.7. The van der Waals surface area contributed by atoms with Crippen LogP contribution < -0.4 is 0 Å². The van der Waals surface area contributed by atoms with Gasteiger partial charge in [0.1, 0.15) is 0 Å². The topological polar surface area (TPSA) is 0 Å². The molecular formula is C11H9F3S. The van der Waals surface area contributed by atoms with Crippen molar-refractivity contribution in [2.45, 2.75) is 20.0 Å². The molecule has 2 aromatic rings. The fourth-order valence-corrected chi connectivity index (χ4v) is 2.51. The molecule has 1 aromatic carbocycles. The van der Waals surface area contributed by atoms with Gasteiger partial charge in [0.15, 0.2) is 0 Å². The van der Waals surface area contributed by atoms with Crippen molar-refractivity contribution in [3.05, 3.63) is 33.5 Å². The predicted octanol–water partition coefficient (Wildman–Crippen LogP) is 4.54. The number of fused-ring (bicyclic) bond motifs is 1. The summed E-state index contributed by atoms with van der Waals surface area (Å²) in [5.74, 6) is 0. The number of hydrogen-bond acceptors (Lipinski definition) is 1. The van der Waals surface area contributed by atoms with E-state index in [1.165, 1.54) is 17.4 Å². The molecule has 0 nitrogen and oxygen atoms in total. The quantitative estimate of drug-likeness (QED) is 0.623. The molecule has 0 amide bonds. The van der Waals surface area contributed by atoms with Gasteiger partial charge in [0.2, 0.25) is 0 Å². The normalized spacial score (nSPS) is 12.3. The molecule has 0 unspecified atom stereocenters. The molecule has 0 aliphatic heterocycles. The third-order valence-electron chi connectivity index (χ3n) is 2.36. The Kier molecular flexibility index (Phi) is 2.26. The van der Waals surface area contributed by atoms with Crippen LogP contribution in [0.3, 0.4) is 0 Å². The van der Waals surface area contributed by atoms with Crippen molar-refractivity contribution < 1.29 is 13.2 Å². The summed E-state index contributed by atoms with van der Waals surface area (Å²) in [7, 11) is 0. The Morgan fingerprint density at radius 2 is 1.73 bits per heavy atom. The zero-order valence-corrected chi connectivity index (χ0v) is 9.09. The molecule has 80 valence electrons. The van der Waals surface area contributed by atoms with Crippen LogP contribution in [0.4, 0.5) is 13.2 Å².